The molecular formula is C18H28N2S. The van der Waals surface area contributed by atoms with E-state index in [2.05, 4.69) is 60.8 Å². The summed E-state index contributed by atoms with van der Waals surface area (Å²) in [6, 6.07) is 11.0. The van der Waals surface area contributed by atoms with E-state index in [0.717, 1.165) is 6.54 Å². The monoisotopic (exact) mass is 304 g/mol. The summed E-state index contributed by atoms with van der Waals surface area (Å²) in [6.45, 7) is 7.97. The highest BCUT2D eigenvalue weighted by molar-refractivity contribution is 7.99. The molecule has 2 heterocycles. The zero-order valence-electron chi connectivity index (χ0n) is 13.3. The summed E-state index contributed by atoms with van der Waals surface area (Å²) in [5.41, 5.74) is 8.39. The number of rotatable bonds is 3. The van der Waals surface area contributed by atoms with E-state index in [-0.39, 0.29) is 5.54 Å². The highest BCUT2D eigenvalue weighted by atomic mass is 32.2. The molecule has 3 rings (SSSR count). The lowest BCUT2D eigenvalue weighted by Crippen LogP contribution is -2.59. The van der Waals surface area contributed by atoms with E-state index in [1.54, 1.807) is 0 Å². The van der Waals surface area contributed by atoms with E-state index in [9.17, 15) is 0 Å². The third kappa shape index (κ3) is 3.15. The van der Waals surface area contributed by atoms with Gasteiger partial charge in [0.1, 0.15) is 0 Å². The molecule has 0 saturated carbocycles. The van der Waals surface area contributed by atoms with Gasteiger partial charge in [0.05, 0.1) is 0 Å². The van der Waals surface area contributed by atoms with Crippen molar-refractivity contribution in [2.24, 2.45) is 11.1 Å². The van der Waals surface area contributed by atoms with E-state index in [1.807, 2.05) is 0 Å². The van der Waals surface area contributed by atoms with Crippen molar-refractivity contribution in [1.29, 1.82) is 0 Å². The minimum Gasteiger partial charge on any atom is -0.329 e. The van der Waals surface area contributed by atoms with Crippen molar-refractivity contribution in [2.75, 3.05) is 31.1 Å². The molecule has 3 heteroatoms. The van der Waals surface area contributed by atoms with Crippen molar-refractivity contribution in [1.82, 2.24) is 4.90 Å². The van der Waals surface area contributed by atoms with Crippen molar-refractivity contribution >= 4 is 11.8 Å². The minimum absolute atomic E-state index is 0.218. The van der Waals surface area contributed by atoms with Crippen molar-refractivity contribution in [3.05, 3.63) is 35.9 Å². The summed E-state index contributed by atoms with van der Waals surface area (Å²) in [6.07, 6.45) is 2.52. The number of hydrogen-bond acceptors (Lipinski definition) is 3. The molecule has 21 heavy (non-hydrogen) atoms. The predicted molar refractivity (Wildman–Crippen MR) is 92.9 cm³/mol. The Morgan fingerprint density at radius 2 is 2.00 bits per heavy atom. The second kappa shape index (κ2) is 5.94. The molecule has 1 aromatic carbocycles. The Balaban J connectivity index is 1.75. The molecule has 2 N–H and O–H groups in total. The lowest BCUT2D eigenvalue weighted by atomic mass is 9.79. The Bertz CT molecular complexity index is 473. The van der Waals surface area contributed by atoms with Crippen LogP contribution in [0.4, 0.5) is 0 Å². The molecular weight excluding hydrogens is 276 g/mol. The number of hydrogen-bond donors (Lipinski definition) is 1. The van der Waals surface area contributed by atoms with E-state index in [0.29, 0.717) is 11.3 Å². The van der Waals surface area contributed by atoms with Crippen LogP contribution in [0.1, 0.15) is 38.2 Å². The van der Waals surface area contributed by atoms with E-state index in [4.69, 9.17) is 5.73 Å². The standard InChI is InChI=1S/C18H28N2S/c1-17(2)11-18(12-19,14-21-13-17)20-9-8-16(10-20)15-6-4-3-5-7-15/h3-7,16H,8-14,19H2,1-2H3. The number of benzene rings is 1. The molecule has 2 atom stereocenters. The Hall–Kier alpha value is -0.510. The average molecular weight is 305 g/mol. The van der Waals surface area contributed by atoms with Crippen LogP contribution in [0, 0.1) is 5.41 Å². The highest BCUT2D eigenvalue weighted by Crippen LogP contribution is 2.44. The van der Waals surface area contributed by atoms with Gasteiger partial charge in [0.25, 0.3) is 0 Å². The summed E-state index contributed by atoms with van der Waals surface area (Å²) >= 11 is 2.10. The highest BCUT2D eigenvalue weighted by Gasteiger charge is 2.45. The number of nitrogens with two attached hydrogens (primary N) is 1. The molecule has 0 spiro atoms. The van der Waals surface area contributed by atoms with Crippen molar-refractivity contribution < 1.29 is 0 Å². The number of thioether (sulfide) groups is 1. The van der Waals surface area contributed by atoms with Gasteiger partial charge in [-0.25, -0.2) is 0 Å². The van der Waals surface area contributed by atoms with Crippen LogP contribution in [-0.2, 0) is 0 Å². The van der Waals surface area contributed by atoms with Crippen LogP contribution in [-0.4, -0.2) is 41.6 Å². The molecule has 0 amide bonds. The largest absolute Gasteiger partial charge is 0.329 e. The molecule has 116 valence electrons. The normalized spacial score (nSPS) is 33.2. The fourth-order valence-electron chi connectivity index (χ4n) is 4.16. The second-order valence-electron chi connectivity index (χ2n) is 7.60. The van der Waals surface area contributed by atoms with Gasteiger partial charge >= 0.3 is 0 Å². The van der Waals surface area contributed by atoms with Crippen molar-refractivity contribution in [3.8, 4) is 0 Å². The molecule has 1 aromatic rings. The first-order valence-corrected chi connectivity index (χ1v) is 9.28. The third-order valence-electron chi connectivity index (χ3n) is 5.18. The van der Waals surface area contributed by atoms with Gasteiger partial charge in [-0.15, -0.1) is 0 Å². The summed E-state index contributed by atoms with van der Waals surface area (Å²) < 4.78 is 0. The smallest absolute Gasteiger partial charge is 0.0427 e. The summed E-state index contributed by atoms with van der Waals surface area (Å²) in [7, 11) is 0. The maximum absolute atomic E-state index is 6.27. The summed E-state index contributed by atoms with van der Waals surface area (Å²) in [5.74, 6) is 3.16. The number of likely N-dealkylation sites (tertiary alicyclic amines) is 1. The molecule has 0 aliphatic carbocycles. The first kappa shape index (κ1) is 15.4. The SMILES string of the molecule is CC1(C)CSCC(CN)(N2CCC(c3ccccc3)C2)C1. The molecule has 2 fully saturated rings. The first-order chi connectivity index (χ1) is 10.0. The van der Waals surface area contributed by atoms with Crippen LogP contribution in [0.25, 0.3) is 0 Å². The molecule has 0 aromatic heterocycles. The van der Waals surface area contributed by atoms with Crippen molar-refractivity contribution in [2.45, 2.75) is 38.1 Å². The van der Waals surface area contributed by atoms with Crippen LogP contribution in [0.5, 0.6) is 0 Å². The molecule has 0 bridgehead atoms. The zero-order valence-corrected chi connectivity index (χ0v) is 14.2. The third-order valence-corrected chi connectivity index (χ3v) is 6.91. The fourth-order valence-corrected chi connectivity index (χ4v) is 5.70. The van der Waals surface area contributed by atoms with Crippen LogP contribution in [0.15, 0.2) is 30.3 Å². The molecule has 2 unspecified atom stereocenters. The summed E-state index contributed by atoms with van der Waals surface area (Å²) in [5, 5.41) is 0. The van der Waals surface area contributed by atoms with Crippen LogP contribution in [0.2, 0.25) is 0 Å². The van der Waals surface area contributed by atoms with Gasteiger partial charge in [0.15, 0.2) is 0 Å². The van der Waals surface area contributed by atoms with Gasteiger partial charge in [-0.1, -0.05) is 44.2 Å². The maximum Gasteiger partial charge on any atom is 0.0427 e. The molecule has 2 saturated heterocycles. The zero-order chi connectivity index (χ0) is 14.9. The van der Waals surface area contributed by atoms with Gasteiger partial charge in [-0.05, 0) is 42.0 Å². The van der Waals surface area contributed by atoms with Crippen LogP contribution >= 0.6 is 11.8 Å². The van der Waals surface area contributed by atoms with E-state index < -0.39 is 0 Å². The average Bonchev–Trinajstić information content (AvgIpc) is 2.97. The van der Waals surface area contributed by atoms with Crippen LogP contribution < -0.4 is 5.73 Å². The number of nitrogens with zero attached hydrogens (tertiary/aromatic N) is 1. The fraction of sp³-hybridized carbons (Fsp3) is 0.667. The van der Waals surface area contributed by atoms with E-state index >= 15 is 0 Å². The van der Waals surface area contributed by atoms with Gasteiger partial charge in [0, 0.05) is 24.4 Å². The molecule has 2 nitrogen and oxygen atoms in total. The van der Waals surface area contributed by atoms with Crippen molar-refractivity contribution in [3.63, 3.8) is 0 Å². The Morgan fingerprint density at radius 1 is 1.24 bits per heavy atom. The first-order valence-electron chi connectivity index (χ1n) is 8.13. The Kier molecular flexibility index (Phi) is 4.35. The topological polar surface area (TPSA) is 29.3 Å². The van der Waals surface area contributed by atoms with Gasteiger partial charge in [-0.3, -0.25) is 4.90 Å². The Morgan fingerprint density at radius 3 is 2.67 bits per heavy atom. The maximum atomic E-state index is 6.27. The van der Waals surface area contributed by atoms with Gasteiger partial charge in [-0.2, -0.15) is 11.8 Å². The van der Waals surface area contributed by atoms with E-state index in [1.165, 1.54) is 43.0 Å². The minimum atomic E-state index is 0.218. The molecule has 2 aliphatic heterocycles. The van der Waals surface area contributed by atoms with Gasteiger partial charge in [0.2, 0.25) is 0 Å². The Labute approximate surface area is 133 Å². The second-order valence-corrected chi connectivity index (χ2v) is 8.59. The molecule has 2 aliphatic rings. The quantitative estimate of drug-likeness (QED) is 0.928. The lowest BCUT2D eigenvalue weighted by Gasteiger charge is -2.49. The van der Waals surface area contributed by atoms with Gasteiger partial charge < -0.3 is 5.73 Å². The van der Waals surface area contributed by atoms with Crippen LogP contribution in [0.3, 0.4) is 0 Å². The molecule has 0 radical (unpaired) electrons. The predicted octanol–water partition coefficient (Wildman–Crippen LogP) is 3.34. The lowest BCUT2D eigenvalue weighted by molar-refractivity contribution is 0.0906. The summed E-state index contributed by atoms with van der Waals surface area (Å²) in [4.78, 5) is 2.71.